The summed E-state index contributed by atoms with van der Waals surface area (Å²) in [6.45, 7) is -0.279. The number of likely N-dealkylation sites (tertiary alicyclic amines) is 2. The van der Waals surface area contributed by atoms with Gasteiger partial charge in [-0.15, -0.1) is 0 Å². The Morgan fingerprint density at radius 2 is 1.45 bits per heavy atom. The number of piperidine rings is 2. The van der Waals surface area contributed by atoms with Crippen molar-refractivity contribution in [3.05, 3.63) is 70.8 Å². The van der Waals surface area contributed by atoms with Gasteiger partial charge in [-0.2, -0.15) is 26.3 Å². The van der Waals surface area contributed by atoms with E-state index in [2.05, 4.69) is 0 Å². The minimum absolute atomic E-state index is 0.0367. The third-order valence-corrected chi connectivity index (χ3v) is 7.85. The van der Waals surface area contributed by atoms with Gasteiger partial charge in [0.05, 0.1) is 17.0 Å². The lowest BCUT2D eigenvalue weighted by molar-refractivity contribution is -0.155. The maximum absolute atomic E-state index is 13.6. The minimum Gasteiger partial charge on any atom is -0.342 e. The predicted octanol–water partition coefficient (Wildman–Crippen LogP) is 4.71. The van der Waals surface area contributed by atoms with Gasteiger partial charge in [-0.1, -0.05) is 30.3 Å². The monoisotopic (exact) mass is 597 g/mol. The van der Waals surface area contributed by atoms with Crippen molar-refractivity contribution in [2.24, 2.45) is 11.8 Å². The van der Waals surface area contributed by atoms with E-state index >= 15 is 0 Å². The van der Waals surface area contributed by atoms with Gasteiger partial charge in [-0.05, 0) is 35.7 Å². The third kappa shape index (κ3) is 6.76. The Morgan fingerprint density at radius 3 is 1.98 bits per heavy atom. The molecule has 42 heavy (non-hydrogen) atoms. The Bertz CT molecular complexity index is 1310. The molecule has 4 amide bonds. The second-order valence-electron chi connectivity index (χ2n) is 10.8. The molecule has 2 atom stereocenters. The van der Waals surface area contributed by atoms with Gasteiger partial charge in [0.25, 0.3) is 0 Å². The topological polar surface area (TPSA) is 78.0 Å². The molecule has 2 aliphatic rings. The fraction of sp³-hybridized carbons (Fsp3) is 0.448. The highest BCUT2D eigenvalue weighted by atomic mass is 19.4. The van der Waals surface area contributed by atoms with Gasteiger partial charge in [0.1, 0.15) is 0 Å². The molecule has 2 saturated heterocycles. The predicted molar refractivity (Wildman–Crippen MR) is 137 cm³/mol. The van der Waals surface area contributed by atoms with Crippen molar-refractivity contribution in [3.8, 4) is 0 Å². The summed E-state index contributed by atoms with van der Waals surface area (Å²) in [6, 6.07) is 10.0. The first-order chi connectivity index (χ1) is 19.6. The van der Waals surface area contributed by atoms with Crippen molar-refractivity contribution in [2.75, 3.05) is 27.2 Å². The van der Waals surface area contributed by atoms with Crippen LogP contribution in [0.1, 0.15) is 47.4 Å². The first-order valence-electron chi connectivity index (χ1n) is 13.2. The van der Waals surface area contributed by atoms with Crippen LogP contribution in [0.25, 0.3) is 0 Å². The molecule has 0 saturated carbocycles. The lowest BCUT2D eigenvalue weighted by Crippen LogP contribution is -2.51. The average molecular weight is 598 g/mol. The molecule has 2 fully saturated rings. The fourth-order valence-corrected chi connectivity index (χ4v) is 5.57. The van der Waals surface area contributed by atoms with Crippen LogP contribution in [0.15, 0.2) is 48.5 Å². The standard InChI is InChI=1S/C29H29F6N3O4/c1-36(15-17-10-20(28(30,31)32)14-21(11-17)29(33,34)35)27(42)22-8-9-38(16-23(22)18-6-4-3-5-7-18)26(41)19-12-24(39)37(2)25(40)13-19/h3-7,10-11,14,19,22-23H,8-9,12-13,15-16H2,1-2H3. The quantitative estimate of drug-likeness (QED) is 0.370. The zero-order chi connectivity index (χ0) is 31.0. The molecule has 2 unspecified atom stereocenters. The highest BCUT2D eigenvalue weighted by molar-refractivity contribution is 6.01. The Morgan fingerprint density at radius 1 is 0.905 bits per heavy atom. The van der Waals surface area contributed by atoms with Crippen LogP contribution in [-0.4, -0.2) is 65.5 Å². The van der Waals surface area contributed by atoms with Gasteiger partial charge in [-0.25, -0.2) is 0 Å². The van der Waals surface area contributed by atoms with Crippen LogP contribution >= 0.6 is 0 Å². The van der Waals surface area contributed by atoms with E-state index in [-0.39, 0.29) is 49.9 Å². The number of alkyl halides is 6. The molecule has 0 radical (unpaired) electrons. The third-order valence-electron chi connectivity index (χ3n) is 7.85. The lowest BCUT2D eigenvalue weighted by Gasteiger charge is -2.41. The first-order valence-corrected chi connectivity index (χ1v) is 13.2. The summed E-state index contributed by atoms with van der Waals surface area (Å²) in [6.07, 6.45) is -10.1. The molecule has 2 heterocycles. The zero-order valence-electron chi connectivity index (χ0n) is 22.8. The normalized spacial score (nSPS) is 20.6. The molecular formula is C29H29F6N3O4. The second kappa shape index (κ2) is 11.8. The smallest absolute Gasteiger partial charge is 0.342 e. The largest absolute Gasteiger partial charge is 0.416 e. The number of imide groups is 1. The number of halogens is 6. The highest BCUT2D eigenvalue weighted by Gasteiger charge is 2.42. The summed E-state index contributed by atoms with van der Waals surface area (Å²) in [5.41, 5.74) is -2.54. The summed E-state index contributed by atoms with van der Waals surface area (Å²) in [4.78, 5) is 54.9. The van der Waals surface area contributed by atoms with Crippen LogP contribution in [0.3, 0.4) is 0 Å². The van der Waals surface area contributed by atoms with Gasteiger partial charge in [0, 0.05) is 58.4 Å². The summed E-state index contributed by atoms with van der Waals surface area (Å²) in [5.74, 6) is -3.88. The first kappa shape index (κ1) is 31.0. The summed E-state index contributed by atoms with van der Waals surface area (Å²) in [5, 5.41) is 0. The molecule has 0 N–H and O–H groups in total. The van der Waals surface area contributed by atoms with Crippen LogP contribution in [0.5, 0.6) is 0 Å². The van der Waals surface area contributed by atoms with E-state index in [4.69, 9.17) is 0 Å². The molecule has 0 aliphatic carbocycles. The van der Waals surface area contributed by atoms with Crippen LogP contribution in [0.2, 0.25) is 0 Å². The number of benzene rings is 2. The molecule has 2 aliphatic heterocycles. The number of nitrogens with zero attached hydrogens (tertiary/aromatic N) is 3. The molecule has 0 spiro atoms. The van der Waals surface area contributed by atoms with Crippen LogP contribution in [0, 0.1) is 11.8 Å². The number of amides is 4. The van der Waals surface area contributed by atoms with E-state index in [1.165, 1.54) is 19.0 Å². The van der Waals surface area contributed by atoms with Crippen molar-refractivity contribution < 1.29 is 45.5 Å². The number of hydrogen-bond acceptors (Lipinski definition) is 4. The maximum Gasteiger partial charge on any atom is 0.416 e. The van der Waals surface area contributed by atoms with Crippen molar-refractivity contribution in [1.29, 1.82) is 0 Å². The van der Waals surface area contributed by atoms with E-state index in [0.717, 1.165) is 15.4 Å². The van der Waals surface area contributed by atoms with Crippen molar-refractivity contribution in [3.63, 3.8) is 0 Å². The maximum atomic E-state index is 13.6. The molecule has 226 valence electrons. The van der Waals surface area contributed by atoms with Crippen molar-refractivity contribution >= 4 is 23.6 Å². The molecule has 0 aromatic heterocycles. The molecular weight excluding hydrogens is 568 g/mol. The molecule has 0 bridgehead atoms. The molecule has 4 rings (SSSR count). The number of rotatable bonds is 5. The van der Waals surface area contributed by atoms with Crippen molar-refractivity contribution in [1.82, 2.24) is 14.7 Å². The minimum atomic E-state index is -5.01. The molecule has 7 nitrogen and oxygen atoms in total. The lowest BCUT2D eigenvalue weighted by atomic mass is 9.79. The number of carbonyl (C=O) groups excluding carboxylic acids is 4. The average Bonchev–Trinajstić information content (AvgIpc) is 2.94. The number of hydrogen-bond donors (Lipinski definition) is 0. The van der Waals surface area contributed by atoms with E-state index in [1.54, 1.807) is 30.3 Å². The van der Waals surface area contributed by atoms with Crippen LogP contribution in [0.4, 0.5) is 26.3 Å². The summed E-state index contributed by atoms with van der Waals surface area (Å²) < 4.78 is 80.0. The highest BCUT2D eigenvalue weighted by Crippen LogP contribution is 2.38. The molecule has 2 aromatic carbocycles. The molecule has 13 heteroatoms. The van der Waals surface area contributed by atoms with Gasteiger partial charge < -0.3 is 9.80 Å². The fourth-order valence-electron chi connectivity index (χ4n) is 5.57. The summed E-state index contributed by atoms with van der Waals surface area (Å²) in [7, 11) is 2.67. The molecule has 2 aromatic rings. The Kier molecular flexibility index (Phi) is 8.70. The zero-order valence-corrected chi connectivity index (χ0v) is 22.8. The Balaban J connectivity index is 1.56. The summed E-state index contributed by atoms with van der Waals surface area (Å²) >= 11 is 0. The van der Waals surface area contributed by atoms with E-state index < -0.39 is 65.5 Å². The van der Waals surface area contributed by atoms with E-state index in [9.17, 15) is 45.5 Å². The van der Waals surface area contributed by atoms with Crippen LogP contribution in [-0.2, 0) is 38.1 Å². The van der Waals surface area contributed by atoms with Gasteiger partial charge in [0.2, 0.25) is 23.6 Å². The van der Waals surface area contributed by atoms with Gasteiger partial charge in [-0.3, -0.25) is 24.1 Å². The Labute approximate surface area is 238 Å². The Hall–Kier alpha value is -3.90. The van der Waals surface area contributed by atoms with E-state index in [1.807, 2.05) is 0 Å². The number of carbonyl (C=O) groups is 4. The second-order valence-corrected chi connectivity index (χ2v) is 10.8. The van der Waals surface area contributed by atoms with Gasteiger partial charge in [0.15, 0.2) is 0 Å². The van der Waals surface area contributed by atoms with E-state index in [0.29, 0.717) is 12.1 Å². The SMILES string of the molecule is CN(Cc1cc(C(F)(F)F)cc(C(F)(F)F)c1)C(=O)C1CCN(C(=O)C2CC(=O)N(C)C(=O)C2)CC1c1ccccc1. The van der Waals surface area contributed by atoms with Crippen LogP contribution < -0.4 is 0 Å². The van der Waals surface area contributed by atoms with Gasteiger partial charge >= 0.3 is 12.4 Å². The van der Waals surface area contributed by atoms with Crippen molar-refractivity contribution in [2.45, 2.75) is 44.1 Å².